The van der Waals surface area contributed by atoms with Gasteiger partial charge in [0.05, 0.1) is 4.90 Å². The number of hydrogen-bond donors (Lipinski definition) is 1. The van der Waals surface area contributed by atoms with Crippen LogP contribution in [0.5, 0.6) is 0 Å². The Labute approximate surface area is 141 Å². The summed E-state index contributed by atoms with van der Waals surface area (Å²) in [5, 5.41) is 3.58. The van der Waals surface area contributed by atoms with E-state index in [1.807, 2.05) is 13.0 Å². The van der Waals surface area contributed by atoms with Crippen LogP contribution in [0, 0.1) is 12.8 Å². The molecule has 4 nitrogen and oxygen atoms in total. The Balaban J connectivity index is 1.62. The van der Waals surface area contributed by atoms with E-state index < -0.39 is 10.0 Å². The van der Waals surface area contributed by atoms with Gasteiger partial charge in [-0.15, -0.1) is 0 Å². The van der Waals surface area contributed by atoms with E-state index in [0.717, 1.165) is 35.3 Å². The largest absolute Gasteiger partial charge is 0.314 e. The molecule has 1 N–H and O–H groups in total. The highest BCUT2D eigenvalue weighted by Crippen LogP contribution is 2.29. The van der Waals surface area contributed by atoms with E-state index in [9.17, 15) is 8.42 Å². The Morgan fingerprint density at radius 1 is 1.23 bits per heavy atom. The normalized spacial score (nSPS) is 21.2. The topological polar surface area (TPSA) is 49.4 Å². The van der Waals surface area contributed by atoms with E-state index in [-0.39, 0.29) is 0 Å². The number of nitrogens with zero attached hydrogens (tertiary/aromatic N) is 1. The summed E-state index contributed by atoms with van der Waals surface area (Å²) < 4.78 is 28.0. The molecular formula is C16H23BrN2O2S. The monoisotopic (exact) mass is 386 g/mol. The molecule has 1 aliphatic carbocycles. The van der Waals surface area contributed by atoms with Crippen LogP contribution >= 0.6 is 15.9 Å². The third-order valence-corrected chi connectivity index (χ3v) is 7.40. The van der Waals surface area contributed by atoms with Gasteiger partial charge in [-0.2, -0.15) is 4.31 Å². The van der Waals surface area contributed by atoms with E-state index in [4.69, 9.17) is 0 Å². The Kier molecular flexibility index (Phi) is 4.92. The fourth-order valence-corrected chi connectivity index (χ4v) is 4.68. The Morgan fingerprint density at radius 3 is 2.50 bits per heavy atom. The molecule has 0 bridgehead atoms. The quantitative estimate of drug-likeness (QED) is 0.845. The minimum absolute atomic E-state index is 0.401. The summed E-state index contributed by atoms with van der Waals surface area (Å²) in [5.74, 6) is 0.868. The van der Waals surface area contributed by atoms with Gasteiger partial charge in [-0.25, -0.2) is 8.42 Å². The summed E-state index contributed by atoms with van der Waals surface area (Å²) in [5.41, 5.74) is 0.946. The number of rotatable bonds is 5. The van der Waals surface area contributed by atoms with Gasteiger partial charge in [0, 0.05) is 23.6 Å². The summed E-state index contributed by atoms with van der Waals surface area (Å²) in [6, 6.07) is 5.71. The molecule has 0 amide bonds. The van der Waals surface area contributed by atoms with Crippen LogP contribution in [0.1, 0.15) is 31.2 Å². The first-order valence-corrected chi connectivity index (χ1v) is 10.2. The van der Waals surface area contributed by atoms with Gasteiger partial charge in [0.25, 0.3) is 0 Å². The second-order valence-corrected chi connectivity index (χ2v) is 9.23. The molecular weight excluding hydrogens is 364 g/mol. The van der Waals surface area contributed by atoms with Crippen molar-refractivity contribution in [2.75, 3.05) is 19.6 Å². The number of halogens is 1. The summed E-state index contributed by atoms with van der Waals surface area (Å²) in [7, 11) is -3.36. The van der Waals surface area contributed by atoms with Crippen LogP contribution in [0.3, 0.4) is 0 Å². The first-order valence-electron chi connectivity index (χ1n) is 7.96. The van der Waals surface area contributed by atoms with Crippen LogP contribution in [0.25, 0.3) is 0 Å². The molecule has 0 spiro atoms. The zero-order valence-electron chi connectivity index (χ0n) is 12.9. The van der Waals surface area contributed by atoms with E-state index in [1.54, 1.807) is 16.4 Å². The highest BCUT2D eigenvalue weighted by atomic mass is 79.9. The number of sulfonamides is 1. The van der Waals surface area contributed by atoms with E-state index in [1.165, 1.54) is 12.8 Å². The third-order valence-electron chi connectivity index (χ3n) is 4.61. The fourth-order valence-electron chi connectivity index (χ4n) is 2.88. The van der Waals surface area contributed by atoms with Gasteiger partial charge < -0.3 is 5.32 Å². The Bertz CT molecular complexity index is 636. The molecule has 1 aliphatic heterocycles. The van der Waals surface area contributed by atoms with Crippen LogP contribution in [-0.4, -0.2) is 38.4 Å². The minimum atomic E-state index is -3.36. The van der Waals surface area contributed by atoms with Gasteiger partial charge in [-0.3, -0.25) is 0 Å². The van der Waals surface area contributed by atoms with E-state index in [0.29, 0.717) is 24.0 Å². The van der Waals surface area contributed by atoms with Gasteiger partial charge in [0.2, 0.25) is 10.0 Å². The molecule has 0 atom stereocenters. The molecule has 2 aliphatic rings. The van der Waals surface area contributed by atoms with Crippen molar-refractivity contribution >= 4 is 26.0 Å². The SMILES string of the molecule is Cc1cc(S(=O)(=O)N2CCC(NCC3CC3)CC2)ccc1Br. The molecule has 1 aromatic rings. The van der Waals surface area contributed by atoms with Gasteiger partial charge in [0.1, 0.15) is 0 Å². The lowest BCUT2D eigenvalue weighted by Gasteiger charge is -2.31. The molecule has 1 aromatic carbocycles. The first-order chi connectivity index (χ1) is 10.5. The molecule has 1 heterocycles. The van der Waals surface area contributed by atoms with Crippen molar-refractivity contribution in [1.82, 2.24) is 9.62 Å². The zero-order chi connectivity index (χ0) is 15.7. The smallest absolute Gasteiger partial charge is 0.243 e. The van der Waals surface area contributed by atoms with Crippen LogP contribution in [0.2, 0.25) is 0 Å². The lowest BCUT2D eigenvalue weighted by atomic mass is 10.1. The van der Waals surface area contributed by atoms with Crippen molar-refractivity contribution in [3.63, 3.8) is 0 Å². The predicted molar refractivity (Wildman–Crippen MR) is 91.4 cm³/mol. The van der Waals surface area contributed by atoms with Crippen LogP contribution < -0.4 is 5.32 Å². The highest BCUT2D eigenvalue weighted by molar-refractivity contribution is 9.10. The van der Waals surface area contributed by atoms with Gasteiger partial charge in [-0.1, -0.05) is 15.9 Å². The molecule has 3 rings (SSSR count). The lowest BCUT2D eigenvalue weighted by Crippen LogP contribution is -2.45. The molecule has 0 aromatic heterocycles. The van der Waals surface area contributed by atoms with E-state index >= 15 is 0 Å². The van der Waals surface area contributed by atoms with Crippen LogP contribution in [0.4, 0.5) is 0 Å². The van der Waals surface area contributed by atoms with Crippen molar-refractivity contribution < 1.29 is 8.42 Å². The van der Waals surface area contributed by atoms with Crippen molar-refractivity contribution in [1.29, 1.82) is 0 Å². The maximum absolute atomic E-state index is 12.7. The minimum Gasteiger partial charge on any atom is -0.314 e. The number of hydrogen-bond acceptors (Lipinski definition) is 3. The number of piperidine rings is 1. The average Bonchev–Trinajstić information content (AvgIpc) is 3.32. The summed E-state index contributed by atoms with van der Waals surface area (Å²) in [6.45, 7) is 4.24. The number of aryl methyl sites for hydroxylation is 1. The summed E-state index contributed by atoms with van der Waals surface area (Å²) in [6.07, 6.45) is 4.51. The highest BCUT2D eigenvalue weighted by Gasteiger charge is 2.30. The van der Waals surface area contributed by atoms with Crippen molar-refractivity contribution in [3.8, 4) is 0 Å². The van der Waals surface area contributed by atoms with E-state index in [2.05, 4.69) is 21.2 Å². The standard InChI is InChI=1S/C16H23BrN2O2S/c1-12-10-15(4-5-16(12)17)22(20,21)19-8-6-14(7-9-19)18-11-13-2-3-13/h4-5,10,13-14,18H,2-3,6-9,11H2,1H3. The zero-order valence-corrected chi connectivity index (χ0v) is 15.3. The maximum atomic E-state index is 12.7. The molecule has 1 saturated carbocycles. The molecule has 22 heavy (non-hydrogen) atoms. The van der Waals surface area contributed by atoms with Gasteiger partial charge >= 0.3 is 0 Å². The molecule has 1 saturated heterocycles. The second kappa shape index (κ2) is 6.59. The average molecular weight is 387 g/mol. The van der Waals surface area contributed by atoms with Crippen LogP contribution in [-0.2, 0) is 10.0 Å². The lowest BCUT2D eigenvalue weighted by molar-refractivity contribution is 0.288. The molecule has 122 valence electrons. The molecule has 6 heteroatoms. The van der Waals surface area contributed by atoms with Crippen LogP contribution in [0.15, 0.2) is 27.6 Å². The van der Waals surface area contributed by atoms with Crippen molar-refractivity contribution in [2.24, 2.45) is 5.92 Å². The molecule has 0 radical (unpaired) electrons. The fraction of sp³-hybridized carbons (Fsp3) is 0.625. The van der Waals surface area contributed by atoms with Gasteiger partial charge in [0.15, 0.2) is 0 Å². The number of benzene rings is 1. The summed E-state index contributed by atoms with van der Waals surface area (Å²) in [4.78, 5) is 0.401. The third kappa shape index (κ3) is 3.72. The van der Waals surface area contributed by atoms with Crippen molar-refractivity contribution in [3.05, 3.63) is 28.2 Å². The summed E-state index contributed by atoms with van der Waals surface area (Å²) >= 11 is 3.42. The molecule has 2 fully saturated rings. The van der Waals surface area contributed by atoms with Gasteiger partial charge in [-0.05, 0) is 68.8 Å². The predicted octanol–water partition coefficient (Wildman–Crippen LogP) is 2.91. The molecule has 0 unspecified atom stereocenters. The maximum Gasteiger partial charge on any atom is 0.243 e. The second-order valence-electron chi connectivity index (χ2n) is 6.44. The number of nitrogens with one attached hydrogen (secondary N) is 1. The Hall–Kier alpha value is -0.430. The Morgan fingerprint density at radius 2 is 1.91 bits per heavy atom. The first kappa shape index (κ1) is 16.4. The van der Waals surface area contributed by atoms with Crippen molar-refractivity contribution in [2.45, 2.75) is 43.5 Å².